The summed E-state index contributed by atoms with van der Waals surface area (Å²) in [5, 5.41) is 0. The van der Waals surface area contributed by atoms with Crippen LogP contribution in [0.25, 0.3) is 0 Å². The maximum atomic E-state index is 6.04. The van der Waals surface area contributed by atoms with Gasteiger partial charge >= 0.3 is 0 Å². The molecule has 0 amide bonds. The Bertz CT molecular complexity index is 588. The van der Waals surface area contributed by atoms with Gasteiger partial charge in [0.1, 0.15) is 23.9 Å². The summed E-state index contributed by atoms with van der Waals surface area (Å²) in [4.78, 5) is 5.50. The number of furan rings is 1. The minimum atomic E-state index is -0.0236. The molecule has 27 heavy (non-hydrogen) atoms. The van der Waals surface area contributed by atoms with Crippen LogP contribution in [0, 0.1) is 11.3 Å². The SMILES string of the molecule is CC(C)[C@@H](CC[NH+]=C[C@@]1(C[NH+]2CCCC2)CCOC(C)(C)C1)c1ccco1. The van der Waals surface area contributed by atoms with Crippen molar-refractivity contribution < 1.29 is 19.0 Å². The Morgan fingerprint density at radius 2 is 2.04 bits per heavy atom. The van der Waals surface area contributed by atoms with E-state index in [0.29, 0.717) is 11.8 Å². The van der Waals surface area contributed by atoms with E-state index in [0.717, 1.165) is 38.2 Å². The lowest BCUT2D eigenvalue weighted by atomic mass is 9.74. The van der Waals surface area contributed by atoms with E-state index in [1.54, 1.807) is 11.2 Å². The van der Waals surface area contributed by atoms with Gasteiger partial charge in [-0.1, -0.05) is 13.8 Å². The first-order chi connectivity index (χ1) is 12.9. The number of hydrogen-bond donors (Lipinski definition) is 2. The third kappa shape index (κ3) is 5.68. The maximum absolute atomic E-state index is 6.04. The normalized spacial score (nSPS) is 27.6. The molecule has 0 saturated carbocycles. The van der Waals surface area contributed by atoms with Gasteiger partial charge in [-0.05, 0) is 44.7 Å². The van der Waals surface area contributed by atoms with Crippen molar-refractivity contribution >= 4 is 6.21 Å². The highest BCUT2D eigenvalue weighted by atomic mass is 16.5. The predicted octanol–water partition coefficient (Wildman–Crippen LogP) is 1.81. The van der Waals surface area contributed by atoms with Crippen molar-refractivity contribution in [1.82, 2.24) is 0 Å². The van der Waals surface area contributed by atoms with Crippen LogP contribution in [0.1, 0.15) is 71.5 Å². The van der Waals surface area contributed by atoms with Crippen LogP contribution in [0.3, 0.4) is 0 Å². The number of likely N-dealkylation sites (tertiary alicyclic amines) is 1. The monoisotopic (exact) mass is 376 g/mol. The number of quaternary nitrogens is 1. The molecule has 0 aliphatic carbocycles. The second kappa shape index (κ2) is 8.91. The van der Waals surface area contributed by atoms with Crippen LogP contribution < -0.4 is 9.89 Å². The van der Waals surface area contributed by atoms with Crippen LogP contribution in [0.15, 0.2) is 22.8 Å². The summed E-state index contributed by atoms with van der Waals surface area (Å²) < 4.78 is 11.7. The van der Waals surface area contributed by atoms with E-state index < -0.39 is 0 Å². The van der Waals surface area contributed by atoms with Crippen LogP contribution in [-0.2, 0) is 4.74 Å². The van der Waals surface area contributed by atoms with Gasteiger partial charge in [-0.15, -0.1) is 0 Å². The van der Waals surface area contributed by atoms with E-state index in [2.05, 4.69) is 45.0 Å². The lowest BCUT2D eigenvalue weighted by Crippen LogP contribution is -3.11. The van der Waals surface area contributed by atoms with Crippen LogP contribution in [0.2, 0.25) is 0 Å². The summed E-state index contributed by atoms with van der Waals surface area (Å²) >= 11 is 0. The van der Waals surface area contributed by atoms with E-state index >= 15 is 0 Å². The molecule has 0 aromatic carbocycles. The van der Waals surface area contributed by atoms with E-state index in [4.69, 9.17) is 9.15 Å². The van der Waals surface area contributed by atoms with Crippen molar-refractivity contribution in [2.24, 2.45) is 11.3 Å². The van der Waals surface area contributed by atoms with E-state index in [9.17, 15) is 0 Å². The number of nitrogens with one attached hydrogen (secondary N) is 2. The number of hydrogen-bond acceptors (Lipinski definition) is 2. The van der Waals surface area contributed by atoms with Gasteiger partial charge in [0.25, 0.3) is 0 Å². The Kier molecular flexibility index (Phi) is 6.80. The molecule has 2 N–H and O–H groups in total. The van der Waals surface area contributed by atoms with Gasteiger partial charge in [0.05, 0.1) is 31.5 Å². The van der Waals surface area contributed by atoms with Gasteiger partial charge in [-0.3, -0.25) is 4.99 Å². The Labute approximate surface area is 165 Å². The summed E-state index contributed by atoms with van der Waals surface area (Å²) in [5.41, 5.74) is 0.226. The van der Waals surface area contributed by atoms with Gasteiger partial charge in [0.2, 0.25) is 0 Å². The van der Waals surface area contributed by atoms with Crippen molar-refractivity contribution in [2.75, 3.05) is 32.8 Å². The molecule has 2 aliphatic rings. The molecule has 0 radical (unpaired) electrons. The topological polar surface area (TPSA) is 40.8 Å². The molecule has 152 valence electrons. The molecule has 3 rings (SSSR count). The quantitative estimate of drug-likeness (QED) is 0.680. The van der Waals surface area contributed by atoms with E-state index in [1.165, 1.54) is 32.5 Å². The fourth-order valence-corrected chi connectivity index (χ4v) is 5.23. The highest BCUT2D eigenvalue weighted by Crippen LogP contribution is 2.36. The third-order valence-electron chi connectivity index (χ3n) is 6.50. The third-order valence-corrected chi connectivity index (χ3v) is 6.50. The van der Waals surface area contributed by atoms with Gasteiger partial charge in [-0.25, -0.2) is 0 Å². The zero-order valence-corrected chi connectivity index (χ0v) is 17.9. The minimum absolute atomic E-state index is 0.0236. The zero-order chi connectivity index (χ0) is 19.3. The van der Waals surface area contributed by atoms with Crippen molar-refractivity contribution in [3.8, 4) is 0 Å². The standard InChI is InChI=1S/C23H38N2O2/c1-19(2)20(21-8-7-14-26-21)9-11-24-17-23(18-25-12-5-6-13-25)10-15-27-22(3,4)16-23/h7-8,14,17,19-20H,5-6,9-13,15-16,18H2,1-4H3/p+2/t20-,23-/m1/s1. The Balaban J connectivity index is 1.64. The summed E-state index contributed by atoms with van der Waals surface area (Å²) in [6.45, 7) is 14.9. The predicted molar refractivity (Wildman–Crippen MR) is 109 cm³/mol. The fraction of sp³-hybridized carbons (Fsp3) is 0.783. The molecule has 0 unspecified atom stereocenters. The molecule has 1 aromatic heterocycles. The molecule has 2 saturated heterocycles. The van der Waals surface area contributed by atoms with E-state index in [-0.39, 0.29) is 11.0 Å². The Hall–Kier alpha value is -1.13. The smallest absolute Gasteiger partial charge is 0.150 e. The molecule has 3 heterocycles. The van der Waals surface area contributed by atoms with Crippen LogP contribution >= 0.6 is 0 Å². The summed E-state index contributed by atoms with van der Waals surface area (Å²) in [7, 11) is 0. The molecule has 1 aromatic rings. The van der Waals surface area contributed by atoms with Crippen LogP contribution in [0.5, 0.6) is 0 Å². The molecule has 2 atom stereocenters. The first kappa shape index (κ1) is 20.6. The zero-order valence-electron chi connectivity index (χ0n) is 17.9. The summed E-state index contributed by atoms with van der Waals surface area (Å²) in [6, 6.07) is 4.12. The maximum Gasteiger partial charge on any atom is 0.150 e. The summed E-state index contributed by atoms with van der Waals surface area (Å²) in [6.07, 6.45) is 10.4. The average Bonchev–Trinajstić information content (AvgIpc) is 3.27. The van der Waals surface area contributed by atoms with Gasteiger partial charge in [0, 0.05) is 31.8 Å². The van der Waals surface area contributed by atoms with Gasteiger partial charge in [0.15, 0.2) is 0 Å². The Morgan fingerprint density at radius 1 is 1.26 bits per heavy atom. The van der Waals surface area contributed by atoms with Crippen molar-refractivity contribution in [3.05, 3.63) is 24.2 Å². The van der Waals surface area contributed by atoms with Crippen molar-refractivity contribution in [3.63, 3.8) is 0 Å². The second-order valence-electron chi connectivity index (χ2n) is 9.78. The second-order valence-corrected chi connectivity index (χ2v) is 9.78. The van der Waals surface area contributed by atoms with Crippen LogP contribution in [-0.4, -0.2) is 44.6 Å². The Morgan fingerprint density at radius 3 is 2.67 bits per heavy atom. The number of ether oxygens (including phenoxy) is 1. The lowest BCUT2D eigenvalue weighted by Gasteiger charge is -2.41. The first-order valence-corrected chi connectivity index (χ1v) is 11.0. The highest BCUT2D eigenvalue weighted by Gasteiger charge is 2.45. The number of rotatable bonds is 8. The molecule has 4 nitrogen and oxygen atoms in total. The minimum Gasteiger partial charge on any atom is -0.469 e. The first-order valence-electron chi connectivity index (χ1n) is 11.0. The van der Waals surface area contributed by atoms with Crippen molar-refractivity contribution in [1.29, 1.82) is 0 Å². The van der Waals surface area contributed by atoms with Crippen molar-refractivity contribution in [2.45, 2.75) is 71.3 Å². The van der Waals surface area contributed by atoms with Gasteiger partial charge in [-0.2, -0.15) is 0 Å². The lowest BCUT2D eigenvalue weighted by molar-refractivity contribution is -0.893. The molecular formula is C23H40N2O2+2. The van der Waals surface area contributed by atoms with Crippen LogP contribution in [0.4, 0.5) is 0 Å². The molecule has 2 aliphatic heterocycles. The molecule has 2 fully saturated rings. The molecular weight excluding hydrogens is 336 g/mol. The fourth-order valence-electron chi connectivity index (χ4n) is 5.23. The van der Waals surface area contributed by atoms with E-state index in [1.807, 2.05) is 6.07 Å². The largest absolute Gasteiger partial charge is 0.469 e. The molecule has 4 heteroatoms. The average molecular weight is 377 g/mol. The summed E-state index contributed by atoms with van der Waals surface area (Å²) in [5.74, 6) is 2.19. The molecule has 0 spiro atoms. The molecule has 0 bridgehead atoms. The highest BCUT2D eigenvalue weighted by molar-refractivity contribution is 5.60. The van der Waals surface area contributed by atoms with Gasteiger partial charge < -0.3 is 14.1 Å².